The lowest BCUT2D eigenvalue weighted by Gasteiger charge is -2.07. The van der Waals surface area contributed by atoms with Crippen LogP contribution < -0.4 is 4.72 Å². The summed E-state index contributed by atoms with van der Waals surface area (Å²) in [5.41, 5.74) is 1.82. The van der Waals surface area contributed by atoms with E-state index in [0.717, 1.165) is 36.5 Å². The largest absolute Gasteiger partial charge is 0.478 e. The van der Waals surface area contributed by atoms with Crippen molar-refractivity contribution in [2.45, 2.75) is 103 Å². The number of benzene rings is 1. The second-order valence-corrected chi connectivity index (χ2v) is 10.9. The van der Waals surface area contributed by atoms with Crippen molar-refractivity contribution in [3.63, 3.8) is 0 Å². The molecule has 33 heavy (non-hydrogen) atoms. The summed E-state index contributed by atoms with van der Waals surface area (Å²) in [6.45, 7) is 2.64. The van der Waals surface area contributed by atoms with Gasteiger partial charge in [-0.15, -0.1) is 0 Å². The van der Waals surface area contributed by atoms with Crippen molar-refractivity contribution in [2.75, 3.05) is 12.3 Å². The Bertz CT molecular complexity index is 757. The van der Waals surface area contributed by atoms with Crippen molar-refractivity contribution in [3.05, 3.63) is 41.5 Å². The van der Waals surface area contributed by atoms with E-state index in [0.29, 0.717) is 13.0 Å². The smallest absolute Gasteiger partial charge is 0.328 e. The van der Waals surface area contributed by atoms with Crippen LogP contribution in [-0.4, -0.2) is 31.8 Å². The minimum Gasteiger partial charge on any atom is -0.478 e. The second-order valence-electron chi connectivity index (χ2n) is 8.97. The minimum absolute atomic E-state index is 0.198. The van der Waals surface area contributed by atoms with Crippen molar-refractivity contribution in [1.82, 2.24) is 4.72 Å². The molecule has 0 spiro atoms. The molecule has 0 saturated carbocycles. The fraction of sp³-hybridized carbons (Fsp3) is 0.667. The summed E-state index contributed by atoms with van der Waals surface area (Å²) in [5, 5.41) is 8.65. The summed E-state index contributed by atoms with van der Waals surface area (Å²) >= 11 is 0. The number of sulfonamides is 1. The fourth-order valence-corrected chi connectivity index (χ4v) is 5.01. The molecule has 0 aliphatic heterocycles. The molecule has 0 amide bonds. The van der Waals surface area contributed by atoms with E-state index >= 15 is 0 Å². The summed E-state index contributed by atoms with van der Waals surface area (Å²) < 4.78 is 27.0. The third kappa shape index (κ3) is 17.5. The molecular weight excluding hydrogens is 434 g/mol. The van der Waals surface area contributed by atoms with Gasteiger partial charge in [0.15, 0.2) is 0 Å². The van der Waals surface area contributed by atoms with Gasteiger partial charge in [-0.3, -0.25) is 0 Å². The molecule has 0 aliphatic carbocycles. The van der Waals surface area contributed by atoms with Crippen LogP contribution in [0.15, 0.2) is 30.3 Å². The van der Waals surface area contributed by atoms with Crippen LogP contribution in [0.4, 0.5) is 0 Å². The molecule has 0 atom stereocenters. The summed E-state index contributed by atoms with van der Waals surface area (Å²) in [7, 11) is -3.22. The van der Waals surface area contributed by atoms with Gasteiger partial charge in [0.1, 0.15) is 0 Å². The van der Waals surface area contributed by atoms with Crippen LogP contribution >= 0.6 is 0 Å². The fourth-order valence-electron chi connectivity index (χ4n) is 3.87. The van der Waals surface area contributed by atoms with E-state index in [2.05, 4.69) is 11.6 Å². The first-order valence-corrected chi connectivity index (χ1v) is 14.6. The predicted molar refractivity (Wildman–Crippen MR) is 139 cm³/mol. The first-order chi connectivity index (χ1) is 15.9. The van der Waals surface area contributed by atoms with Crippen molar-refractivity contribution in [1.29, 1.82) is 0 Å². The molecule has 188 valence electrons. The van der Waals surface area contributed by atoms with E-state index in [1.165, 1.54) is 76.7 Å². The molecule has 2 N–H and O–H groups in total. The topological polar surface area (TPSA) is 83.5 Å². The molecule has 6 heteroatoms. The van der Waals surface area contributed by atoms with E-state index in [-0.39, 0.29) is 5.75 Å². The highest BCUT2D eigenvalue weighted by atomic mass is 32.2. The molecule has 0 saturated heterocycles. The van der Waals surface area contributed by atoms with Crippen molar-refractivity contribution in [2.24, 2.45) is 0 Å². The average Bonchev–Trinajstić information content (AvgIpc) is 2.78. The lowest BCUT2D eigenvalue weighted by Crippen LogP contribution is -2.28. The van der Waals surface area contributed by atoms with Crippen LogP contribution in [0.25, 0.3) is 6.08 Å². The Labute approximate surface area is 202 Å². The van der Waals surface area contributed by atoms with Gasteiger partial charge in [0.05, 0.1) is 5.75 Å². The number of hydrogen-bond donors (Lipinski definition) is 2. The lowest BCUT2D eigenvalue weighted by molar-refractivity contribution is -0.131. The Kier molecular flexibility index (Phi) is 16.7. The van der Waals surface area contributed by atoms with Gasteiger partial charge in [-0.2, -0.15) is 0 Å². The summed E-state index contributed by atoms with van der Waals surface area (Å²) in [6, 6.07) is 7.45. The van der Waals surface area contributed by atoms with E-state index < -0.39 is 16.0 Å². The van der Waals surface area contributed by atoms with E-state index in [1.54, 1.807) is 0 Å². The second kappa shape index (κ2) is 18.7. The van der Waals surface area contributed by atoms with Gasteiger partial charge in [-0.1, -0.05) is 115 Å². The third-order valence-corrected chi connectivity index (χ3v) is 7.37. The Balaban J connectivity index is 2.00. The predicted octanol–water partition coefficient (Wildman–Crippen LogP) is 6.73. The summed E-state index contributed by atoms with van der Waals surface area (Å²) in [5.74, 6) is -0.781. The number of carbonyl (C=O) groups is 1. The van der Waals surface area contributed by atoms with Gasteiger partial charge in [0.2, 0.25) is 10.0 Å². The van der Waals surface area contributed by atoms with Crippen LogP contribution in [0.5, 0.6) is 0 Å². The summed E-state index contributed by atoms with van der Waals surface area (Å²) in [6.07, 6.45) is 20.8. The highest BCUT2D eigenvalue weighted by Crippen LogP contribution is 2.13. The van der Waals surface area contributed by atoms with E-state index in [1.807, 2.05) is 24.3 Å². The van der Waals surface area contributed by atoms with Crippen molar-refractivity contribution in [3.8, 4) is 0 Å². The van der Waals surface area contributed by atoms with Gasteiger partial charge in [-0.25, -0.2) is 17.9 Å². The van der Waals surface area contributed by atoms with Crippen molar-refractivity contribution < 1.29 is 18.3 Å². The number of carboxylic acid groups (broad SMARTS) is 1. The SMILES string of the molecule is CCCCCCCCCCCCCCCCS(=O)(=O)NCCc1ccc(C=CC(=O)O)cc1. The average molecular weight is 480 g/mol. The number of aliphatic carboxylic acids is 1. The van der Waals surface area contributed by atoms with Gasteiger partial charge in [0.25, 0.3) is 0 Å². The molecule has 0 radical (unpaired) electrons. The van der Waals surface area contributed by atoms with Crippen LogP contribution in [0.1, 0.15) is 108 Å². The molecule has 0 bridgehead atoms. The standard InChI is InChI=1S/C27H45NO4S/c1-2-3-4-5-6-7-8-9-10-11-12-13-14-15-24-33(31,32)28-23-22-26-18-16-25(17-19-26)20-21-27(29)30/h16-21,28H,2-15,22-24H2,1H3,(H,29,30). The van der Waals surface area contributed by atoms with Gasteiger partial charge >= 0.3 is 5.97 Å². The van der Waals surface area contributed by atoms with Gasteiger partial charge in [-0.05, 0) is 30.0 Å². The maximum absolute atomic E-state index is 12.2. The Morgan fingerprint density at radius 3 is 1.79 bits per heavy atom. The van der Waals surface area contributed by atoms with Crippen LogP contribution in [0.2, 0.25) is 0 Å². The first kappa shape index (κ1) is 29.4. The van der Waals surface area contributed by atoms with Gasteiger partial charge in [0, 0.05) is 12.6 Å². The highest BCUT2D eigenvalue weighted by Gasteiger charge is 2.09. The highest BCUT2D eigenvalue weighted by molar-refractivity contribution is 7.89. The maximum Gasteiger partial charge on any atom is 0.328 e. The van der Waals surface area contributed by atoms with Crippen LogP contribution in [0, 0.1) is 0 Å². The zero-order valence-corrected chi connectivity index (χ0v) is 21.4. The molecule has 0 fully saturated rings. The molecule has 0 aromatic heterocycles. The van der Waals surface area contributed by atoms with Crippen molar-refractivity contribution >= 4 is 22.1 Å². The molecule has 0 unspecified atom stereocenters. The number of hydrogen-bond acceptors (Lipinski definition) is 3. The lowest BCUT2D eigenvalue weighted by atomic mass is 10.0. The Morgan fingerprint density at radius 2 is 1.30 bits per heavy atom. The molecule has 1 aromatic rings. The number of carboxylic acids is 1. The molecule has 1 rings (SSSR count). The molecule has 5 nitrogen and oxygen atoms in total. The Hall–Kier alpha value is -1.66. The summed E-state index contributed by atoms with van der Waals surface area (Å²) in [4.78, 5) is 10.5. The number of nitrogens with one attached hydrogen (secondary N) is 1. The van der Waals surface area contributed by atoms with Gasteiger partial charge < -0.3 is 5.11 Å². The Morgan fingerprint density at radius 1 is 0.818 bits per heavy atom. The zero-order chi connectivity index (χ0) is 24.2. The number of rotatable bonds is 21. The monoisotopic (exact) mass is 479 g/mol. The normalized spacial score (nSPS) is 11.9. The molecule has 1 aromatic carbocycles. The van der Waals surface area contributed by atoms with E-state index in [4.69, 9.17) is 5.11 Å². The zero-order valence-electron chi connectivity index (χ0n) is 20.6. The maximum atomic E-state index is 12.2. The molecule has 0 heterocycles. The quantitative estimate of drug-likeness (QED) is 0.151. The molecule has 0 aliphatic rings. The molecular formula is C27H45NO4S. The number of unbranched alkanes of at least 4 members (excludes halogenated alkanes) is 13. The van der Waals surface area contributed by atoms with Crippen LogP contribution in [0.3, 0.4) is 0 Å². The van der Waals surface area contributed by atoms with E-state index in [9.17, 15) is 13.2 Å². The first-order valence-electron chi connectivity index (χ1n) is 12.9. The van der Waals surface area contributed by atoms with Crippen LogP contribution in [-0.2, 0) is 21.2 Å². The minimum atomic E-state index is -3.22. The third-order valence-electron chi connectivity index (χ3n) is 5.90.